The van der Waals surface area contributed by atoms with Gasteiger partial charge in [-0.05, 0) is 26.0 Å². The van der Waals surface area contributed by atoms with Gasteiger partial charge < -0.3 is 19.3 Å². The van der Waals surface area contributed by atoms with E-state index in [9.17, 15) is 18.0 Å². The molecule has 0 aliphatic rings. The highest BCUT2D eigenvalue weighted by atomic mass is 19.4. The van der Waals surface area contributed by atoms with E-state index in [0.717, 1.165) is 11.3 Å². The number of rotatable bonds is 4. The molecule has 150 valence electrons. The van der Waals surface area contributed by atoms with E-state index in [-0.39, 0.29) is 5.91 Å². The Balaban J connectivity index is 0.000000345. The Morgan fingerprint density at radius 1 is 1.29 bits per heavy atom. The van der Waals surface area contributed by atoms with Crippen LogP contribution in [0.15, 0.2) is 35.1 Å². The Morgan fingerprint density at radius 3 is 2.50 bits per heavy atom. The lowest BCUT2D eigenvalue weighted by Crippen LogP contribution is -2.26. The summed E-state index contributed by atoms with van der Waals surface area (Å²) in [6.45, 7) is 4.01. The summed E-state index contributed by atoms with van der Waals surface area (Å²) in [6, 6.07) is 5.86. The van der Waals surface area contributed by atoms with Gasteiger partial charge in [0.1, 0.15) is 17.0 Å². The smallest absolute Gasteiger partial charge is 0.475 e. The van der Waals surface area contributed by atoms with Crippen molar-refractivity contribution < 1.29 is 32.4 Å². The molecule has 0 saturated carbocycles. The number of hydrogen-bond donors (Lipinski definition) is 2. The van der Waals surface area contributed by atoms with Crippen molar-refractivity contribution in [3.63, 3.8) is 0 Å². The molecular weight excluding hydrogens is 381 g/mol. The molecule has 0 aliphatic carbocycles. The zero-order valence-corrected chi connectivity index (χ0v) is 14.9. The number of alkyl halides is 3. The second kappa shape index (κ2) is 8.55. The maximum atomic E-state index is 12.1. The molecule has 0 spiro atoms. The van der Waals surface area contributed by atoms with E-state index in [0.29, 0.717) is 30.0 Å². The van der Waals surface area contributed by atoms with Crippen LogP contribution in [0.2, 0.25) is 0 Å². The zero-order valence-electron chi connectivity index (χ0n) is 14.9. The second-order valence-electron chi connectivity index (χ2n) is 5.71. The van der Waals surface area contributed by atoms with Gasteiger partial charge in [-0.2, -0.15) is 13.2 Å². The van der Waals surface area contributed by atoms with Crippen LogP contribution in [0.25, 0.3) is 5.65 Å². The van der Waals surface area contributed by atoms with Crippen LogP contribution in [0.1, 0.15) is 27.5 Å². The molecule has 28 heavy (non-hydrogen) atoms. The molecule has 0 aromatic carbocycles. The predicted molar refractivity (Wildman–Crippen MR) is 90.9 cm³/mol. The van der Waals surface area contributed by atoms with Crippen molar-refractivity contribution in [3.05, 3.63) is 53.3 Å². The van der Waals surface area contributed by atoms with Crippen LogP contribution in [0.5, 0.6) is 0 Å². The van der Waals surface area contributed by atoms with Crippen LogP contribution < -0.4 is 5.32 Å². The molecule has 11 heteroatoms. The number of halogens is 3. The number of aliphatic carboxylic acids is 1. The molecule has 1 amide bonds. The predicted octanol–water partition coefficient (Wildman–Crippen LogP) is 2.54. The summed E-state index contributed by atoms with van der Waals surface area (Å²) < 4.78 is 38.7. The minimum Gasteiger partial charge on any atom is -0.475 e. The third-order valence-corrected chi connectivity index (χ3v) is 3.58. The van der Waals surface area contributed by atoms with Crippen molar-refractivity contribution in [2.75, 3.05) is 6.54 Å². The van der Waals surface area contributed by atoms with Crippen molar-refractivity contribution in [2.45, 2.75) is 26.4 Å². The van der Waals surface area contributed by atoms with Crippen molar-refractivity contribution in [1.29, 1.82) is 0 Å². The molecule has 3 rings (SSSR count). The molecule has 0 fully saturated rings. The summed E-state index contributed by atoms with van der Waals surface area (Å²) >= 11 is 0. The topological polar surface area (TPSA) is 110 Å². The molecule has 3 aromatic heterocycles. The van der Waals surface area contributed by atoms with Gasteiger partial charge in [-0.1, -0.05) is 11.2 Å². The number of hydrogen-bond acceptors (Lipinski definition) is 5. The van der Waals surface area contributed by atoms with Crippen LogP contribution in [-0.4, -0.2) is 44.2 Å². The fraction of sp³-hybridized carbons (Fsp3) is 0.294. The summed E-state index contributed by atoms with van der Waals surface area (Å²) in [6.07, 6.45) is -0.484. The van der Waals surface area contributed by atoms with Gasteiger partial charge in [0.05, 0.1) is 11.4 Å². The van der Waals surface area contributed by atoms with Gasteiger partial charge in [0.25, 0.3) is 5.91 Å². The van der Waals surface area contributed by atoms with Gasteiger partial charge in [0.2, 0.25) is 0 Å². The first-order valence-electron chi connectivity index (χ1n) is 8.03. The lowest BCUT2D eigenvalue weighted by Gasteiger charge is -2.02. The Morgan fingerprint density at radius 2 is 1.96 bits per heavy atom. The van der Waals surface area contributed by atoms with E-state index in [1.165, 1.54) is 0 Å². The average Bonchev–Trinajstić information content (AvgIpc) is 3.17. The first-order chi connectivity index (χ1) is 13.1. The zero-order chi connectivity index (χ0) is 20.9. The van der Waals surface area contributed by atoms with E-state index < -0.39 is 12.1 Å². The van der Waals surface area contributed by atoms with Crippen LogP contribution in [0.4, 0.5) is 13.2 Å². The minimum atomic E-state index is -5.08. The van der Waals surface area contributed by atoms with Crippen LogP contribution in [-0.2, 0) is 11.2 Å². The Bertz CT molecular complexity index is 926. The summed E-state index contributed by atoms with van der Waals surface area (Å²) in [5, 5.41) is 13.8. The van der Waals surface area contributed by atoms with Gasteiger partial charge >= 0.3 is 12.1 Å². The number of carbonyl (C=O) groups excluding carboxylic acids is 1. The highest BCUT2D eigenvalue weighted by molar-refractivity contribution is 5.96. The molecule has 2 N–H and O–H groups in total. The number of aryl methyl sites for hydroxylation is 2. The van der Waals surface area contributed by atoms with E-state index in [1.807, 2.05) is 35.0 Å². The van der Waals surface area contributed by atoms with Gasteiger partial charge in [-0.15, -0.1) is 0 Å². The third-order valence-electron chi connectivity index (χ3n) is 3.58. The molecule has 0 bridgehead atoms. The minimum absolute atomic E-state index is 0.157. The molecule has 0 radical (unpaired) electrons. The van der Waals surface area contributed by atoms with E-state index in [4.69, 9.17) is 14.4 Å². The normalized spacial score (nSPS) is 11.0. The van der Waals surface area contributed by atoms with Crippen LogP contribution in [0, 0.1) is 13.8 Å². The monoisotopic (exact) mass is 398 g/mol. The van der Waals surface area contributed by atoms with Gasteiger partial charge in [0.15, 0.2) is 0 Å². The highest BCUT2D eigenvalue weighted by Crippen LogP contribution is 2.13. The Kier molecular flexibility index (Phi) is 6.39. The van der Waals surface area contributed by atoms with Gasteiger partial charge in [-0.3, -0.25) is 4.79 Å². The van der Waals surface area contributed by atoms with Crippen molar-refractivity contribution >= 4 is 17.5 Å². The summed E-state index contributed by atoms with van der Waals surface area (Å²) in [5.74, 6) is -2.37. The molecule has 3 heterocycles. The number of fused-ring (bicyclic) bond motifs is 1. The average molecular weight is 398 g/mol. The van der Waals surface area contributed by atoms with Gasteiger partial charge in [0, 0.05) is 25.4 Å². The third kappa shape index (κ3) is 5.32. The number of amides is 1. The fourth-order valence-electron chi connectivity index (χ4n) is 2.31. The maximum absolute atomic E-state index is 12.1. The van der Waals surface area contributed by atoms with Crippen LogP contribution in [0.3, 0.4) is 0 Å². The van der Waals surface area contributed by atoms with E-state index in [1.54, 1.807) is 13.8 Å². The van der Waals surface area contributed by atoms with Crippen molar-refractivity contribution in [3.8, 4) is 0 Å². The first-order valence-corrected chi connectivity index (χ1v) is 8.03. The van der Waals surface area contributed by atoms with Crippen molar-refractivity contribution in [1.82, 2.24) is 19.9 Å². The molecular formula is C17H17F3N4O4. The molecule has 3 aromatic rings. The van der Waals surface area contributed by atoms with Gasteiger partial charge in [-0.25, -0.2) is 9.78 Å². The molecule has 0 saturated heterocycles. The lowest BCUT2D eigenvalue weighted by molar-refractivity contribution is -0.192. The number of nitrogens with zero attached hydrogens (tertiary/aromatic N) is 3. The summed E-state index contributed by atoms with van der Waals surface area (Å²) in [5.41, 5.74) is 2.98. The SMILES string of the molecule is Cc1noc(C)c1C(=O)NCCc1cn2ccccc2n1.O=C(O)C(F)(F)F. The van der Waals surface area contributed by atoms with E-state index in [2.05, 4.69) is 15.5 Å². The largest absolute Gasteiger partial charge is 0.490 e. The number of pyridine rings is 1. The molecule has 0 atom stereocenters. The number of aromatic nitrogens is 3. The summed E-state index contributed by atoms with van der Waals surface area (Å²) in [7, 11) is 0. The first kappa shape index (κ1) is 20.9. The van der Waals surface area contributed by atoms with Crippen molar-refractivity contribution in [2.24, 2.45) is 0 Å². The fourth-order valence-corrected chi connectivity index (χ4v) is 2.31. The molecule has 0 aliphatic heterocycles. The lowest BCUT2D eigenvalue weighted by atomic mass is 10.2. The number of nitrogens with one attached hydrogen (secondary N) is 1. The number of carboxylic acids is 1. The molecule has 8 nitrogen and oxygen atoms in total. The number of carbonyl (C=O) groups is 2. The second-order valence-corrected chi connectivity index (χ2v) is 5.71. The standard InChI is InChI=1S/C15H16N4O2.C2HF3O2/c1-10-14(11(2)21-18-10)15(20)16-7-6-12-9-19-8-4-3-5-13(19)17-12;3-2(4,5)1(6)7/h3-5,8-9H,6-7H2,1-2H3,(H,16,20);(H,6,7). The number of carboxylic acid groups (broad SMARTS) is 1. The highest BCUT2D eigenvalue weighted by Gasteiger charge is 2.38. The summed E-state index contributed by atoms with van der Waals surface area (Å²) in [4.78, 5) is 25.5. The number of imidazole rings is 1. The maximum Gasteiger partial charge on any atom is 0.490 e. The quantitative estimate of drug-likeness (QED) is 0.699. The Hall–Kier alpha value is -3.37. The van der Waals surface area contributed by atoms with E-state index >= 15 is 0 Å². The Labute approximate surface area is 157 Å². The molecule has 0 unspecified atom stereocenters. The van der Waals surface area contributed by atoms with Crippen LogP contribution >= 0.6 is 0 Å².